The van der Waals surface area contributed by atoms with E-state index in [2.05, 4.69) is 4.98 Å². The first-order valence-electron chi connectivity index (χ1n) is 7.14. The van der Waals surface area contributed by atoms with Crippen LogP contribution in [0.15, 0.2) is 47.8 Å². The molecule has 24 heavy (non-hydrogen) atoms. The minimum atomic E-state index is -0.339. The van der Waals surface area contributed by atoms with Crippen molar-refractivity contribution >= 4 is 40.5 Å². The van der Waals surface area contributed by atoms with E-state index < -0.39 is 0 Å². The maximum atomic E-state index is 11.4. The molecule has 1 aromatic heterocycles. The van der Waals surface area contributed by atoms with Crippen LogP contribution in [0.3, 0.4) is 0 Å². The molecule has 3 aromatic rings. The van der Waals surface area contributed by atoms with Crippen LogP contribution in [0.5, 0.6) is 0 Å². The molecule has 6 heteroatoms. The van der Waals surface area contributed by atoms with Gasteiger partial charge >= 0.3 is 5.97 Å². The number of carbonyl (C=O) groups is 1. The Balaban J connectivity index is 1.79. The number of halogens is 2. The van der Waals surface area contributed by atoms with E-state index in [9.17, 15) is 4.79 Å². The zero-order chi connectivity index (χ0) is 17.1. The molecule has 3 nitrogen and oxygen atoms in total. The Labute approximate surface area is 153 Å². The molecule has 1 heterocycles. The topological polar surface area (TPSA) is 39.2 Å². The molecule has 2 aromatic carbocycles. The summed E-state index contributed by atoms with van der Waals surface area (Å²) in [5, 5.41) is 3.96. The first kappa shape index (κ1) is 17.0. The van der Waals surface area contributed by atoms with E-state index in [1.54, 1.807) is 29.5 Å². The van der Waals surface area contributed by atoms with E-state index >= 15 is 0 Å². The maximum Gasteiger partial charge on any atom is 0.337 e. The second-order valence-corrected chi connectivity index (χ2v) is 6.82. The molecule has 0 radical (unpaired) electrons. The minimum Gasteiger partial charge on any atom is -0.465 e. The molecule has 0 unspecified atom stereocenters. The van der Waals surface area contributed by atoms with Gasteiger partial charge in [-0.25, -0.2) is 9.78 Å². The standard InChI is InChI=1S/C18H13Cl2NO2S/c1-23-18(22)12-7-5-11(6-8-12)9-16-21-15(10-24-16)13-3-2-4-14(19)17(13)20/h2-8,10H,9H2,1H3. The van der Waals surface area contributed by atoms with Crippen molar-refractivity contribution in [1.29, 1.82) is 0 Å². The van der Waals surface area contributed by atoms with Crippen molar-refractivity contribution < 1.29 is 9.53 Å². The Morgan fingerprint density at radius 3 is 2.62 bits per heavy atom. The van der Waals surface area contributed by atoms with Gasteiger partial charge in [-0.15, -0.1) is 11.3 Å². The highest BCUT2D eigenvalue weighted by Gasteiger charge is 2.11. The number of hydrogen-bond donors (Lipinski definition) is 0. The molecule has 0 aliphatic carbocycles. The van der Waals surface area contributed by atoms with Crippen molar-refractivity contribution in [3.8, 4) is 11.3 Å². The summed E-state index contributed by atoms with van der Waals surface area (Å²) in [5.74, 6) is -0.339. The van der Waals surface area contributed by atoms with Gasteiger partial charge < -0.3 is 4.74 Å². The van der Waals surface area contributed by atoms with Crippen LogP contribution in [-0.2, 0) is 11.2 Å². The van der Waals surface area contributed by atoms with Crippen molar-refractivity contribution in [3.63, 3.8) is 0 Å². The van der Waals surface area contributed by atoms with Crippen molar-refractivity contribution in [2.75, 3.05) is 7.11 Å². The molecule has 0 bridgehead atoms. The predicted molar refractivity (Wildman–Crippen MR) is 98.2 cm³/mol. The fourth-order valence-corrected chi connectivity index (χ4v) is 3.49. The number of aromatic nitrogens is 1. The average Bonchev–Trinajstić information content (AvgIpc) is 3.05. The van der Waals surface area contributed by atoms with Gasteiger partial charge in [-0.1, -0.05) is 47.5 Å². The summed E-state index contributed by atoms with van der Waals surface area (Å²) in [7, 11) is 1.37. The molecule has 3 rings (SSSR count). The van der Waals surface area contributed by atoms with Crippen LogP contribution in [0.1, 0.15) is 20.9 Å². The number of benzene rings is 2. The first-order chi connectivity index (χ1) is 11.6. The number of nitrogens with zero attached hydrogens (tertiary/aromatic N) is 1. The van der Waals surface area contributed by atoms with E-state index in [0.29, 0.717) is 22.0 Å². The summed E-state index contributed by atoms with van der Waals surface area (Å²) in [5.41, 5.74) is 3.24. The SMILES string of the molecule is COC(=O)c1ccc(Cc2nc(-c3cccc(Cl)c3Cl)cs2)cc1. The number of hydrogen-bond acceptors (Lipinski definition) is 4. The molecule has 0 spiro atoms. The van der Waals surface area contributed by atoms with Crippen molar-refractivity contribution in [3.05, 3.63) is 74.0 Å². The molecule has 0 fully saturated rings. The number of thiazole rings is 1. The number of rotatable bonds is 4. The van der Waals surface area contributed by atoms with E-state index in [0.717, 1.165) is 21.8 Å². The molecular formula is C18H13Cl2NO2S. The zero-order valence-corrected chi connectivity index (χ0v) is 15.1. The monoisotopic (exact) mass is 377 g/mol. The fraction of sp³-hybridized carbons (Fsp3) is 0.111. The lowest BCUT2D eigenvalue weighted by molar-refractivity contribution is 0.0600. The van der Waals surface area contributed by atoms with Gasteiger partial charge in [0.05, 0.1) is 33.4 Å². The summed E-state index contributed by atoms with van der Waals surface area (Å²) < 4.78 is 4.70. The highest BCUT2D eigenvalue weighted by atomic mass is 35.5. The van der Waals surface area contributed by atoms with Crippen molar-refractivity contribution in [2.45, 2.75) is 6.42 Å². The highest BCUT2D eigenvalue weighted by molar-refractivity contribution is 7.10. The lowest BCUT2D eigenvalue weighted by atomic mass is 10.1. The van der Waals surface area contributed by atoms with Gasteiger partial charge in [-0.2, -0.15) is 0 Å². The lowest BCUT2D eigenvalue weighted by Crippen LogP contribution is -2.00. The minimum absolute atomic E-state index is 0.339. The number of esters is 1. The third-order valence-electron chi connectivity index (χ3n) is 3.51. The van der Waals surface area contributed by atoms with Gasteiger partial charge in [0, 0.05) is 17.4 Å². The lowest BCUT2D eigenvalue weighted by Gasteiger charge is -2.03. The van der Waals surface area contributed by atoms with Crippen molar-refractivity contribution in [2.24, 2.45) is 0 Å². The van der Waals surface area contributed by atoms with Crippen LogP contribution in [-0.4, -0.2) is 18.1 Å². The molecule has 0 amide bonds. The molecule has 0 aliphatic rings. The Kier molecular flexibility index (Phi) is 5.19. The molecule has 0 saturated carbocycles. The third-order valence-corrected chi connectivity index (χ3v) is 5.18. The molecular weight excluding hydrogens is 365 g/mol. The third kappa shape index (κ3) is 3.61. The van der Waals surface area contributed by atoms with Crippen LogP contribution >= 0.6 is 34.5 Å². The predicted octanol–water partition coefficient (Wildman–Crippen LogP) is 5.49. The molecule has 122 valence electrons. The van der Waals surface area contributed by atoms with Crippen LogP contribution in [0.2, 0.25) is 10.0 Å². The van der Waals surface area contributed by atoms with E-state index in [-0.39, 0.29) is 5.97 Å². The Morgan fingerprint density at radius 1 is 1.17 bits per heavy atom. The highest BCUT2D eigenvalue weighted by Crippen LogP contribution is 2.34. The van der Waals surface area contributed by atoms with E-state index in [1.807, 2.05) is 29.6 Å². The molecule has 0 N–H and O–H groups in total. The summed E-state index contributed by atoms with van der Waals surface area (Å²) in [4.78, 5) is 16.1. The second-order valence-electron chi connectivity index (χ2n) is 5.09. The quantitative estimate of drug-likeness (QED) is 0.563. The largest absolute Gasteiger partial charge is 0.465 e. The molecule has 0 aliphatic heterocycles. The maximum absolute atomic E-state index is 11.4. The summed E-state index contributed by atoms with van der Waals surface area (Å²) >= 11 is 13.9. The molecule has 0 atom stereocenters. The number of ether oxygens (including phenoxy) is 1. The summed E-state index contributed by atoms with van der Waals surface area (Å²) in [6, 6.07) is 12.8. The summed E-state index contributed by atoms with van der Waals surface area (Å²) in [6.45, 7) is 0. The van der Waals surface area contributed by atoms with Gasteiger partial charge in [0.2, 0.25) is 0 Å². The van der Waals surface area contributed by atoms with Gasteiger partial charge in [0.25, 0.3) is 0 Å². The second kappa shape index (κ2) is 7.34. The van der Waals surface area contributed by atoms with E-state index in [4.69, 9.17) is 27.9 Å². The first-order valence-corrected chi connectivity index (χ1v) is 8.78. The van der Waals surface area contributed by atoms with Gasteiger partial charge in [-0.05, 0) is 23.8 Å². The smallest absolute Gasteiger partial charge is 0.337 e. The number of carbonyl (C=O) groups excluding carboxylic acids is 1. The van der Waals surface area contributed by atoms with Crippen LogP contribution < -0.4 is 0 Å². The Hall–Kier alpha value is -1.88. The van der Waals surface area contributed by atoms with Gasteiger partial charge in [0.1, 0.15) is 0 Å². The van der Waals surface area contributed by atoms with Crippen LogP contribution in [0, 0.1) is 0 Å². The fourth-order valence-electron chi connectivity index (χ4n) is 2.27. The zero-order valence-electron chi connectivity index (χ0n) is 12.8. The number of methoxy groups -OCH3 is 1. The normalized spacial score (nSPS) is 10.6. The van der Waals surface area contributed by atoms with Crippen LogP contribution in [0.4, 0.5) is 0 Å². The van der Waals surface area contributed by atoms with Crippen LogP contribution in [0.25, 0.3) is 11.3 Å². The summed E-state index contributed by atoms with van der Waals surface area (Å²) in [6.07, 6.45) is 0.685. The van der Waals surface area contributed by atoms with Gasteiger partial charge in [0.15, 0.2) is 0 Å². The van der Waals surface area contributed by atoms with E-state index in [1.165, 1.54) is 7.11 Å². The molecule has 0 saturated heterocycles. The average molecular weight is 378 g/mol. The van der Waals surface area contributed by atoms with Gasteiger partial charge in [-0.3, -0.25) is 0 Å². The Bertz CT molecular complexity index is 875. The van der Waals surface area contributed by atoms with Crippen molar-refractivity contribution in [1.82, 2.24) is 4.98 Å². The Morgan fingerprint density at radius 2 is 1.92 bits per heavy atom.